The van der Waals surface area contributed by atoms with Gasteiger partial charge in [-0.3, -0.25) is 9.69 Å². The fourth-order valence-corrected chi connectivity index (χ4v) is 5.57. The Kier molecular flexibility index (Phi) is 7.93. The molecular weight excluding hydrogens is 518 g/mol. The number of likely N-dealkylation sites (tertiary alicyclic amines) is 1. The maximum atomic E-state index is 12.8. The van der Waals surface area contributed by atoms with Gasteiger partial charge in [0, 0.05) is 32.0 Å². The zero-order valence-corrected chi connectivity index (χ0v) is 23.2. The Balaban J connectivity index is 1.19. The van der Waals surface area contributed by atoms with Gasteiger partial charge in [-0.25, -0.2) is 14.6 Å². The van der Waals surface area contributed by atoms with Gasteiger partial charge in [-0.2, -0.15) is 5.10 Å². The second-order valence-electron chi connectivity index (χ2n) is 10.7. The van der Waals surface area contributed by atoms with Crippen molar-refractivity contribution in [2.24, 2.45) is 0 Å². The Labute approximate surface area is 239 Å². The highest BCUT2D eigenvalue weighted by molar-refractivity contribution is 5.98. The number of rotatable bonds is 9. The molecule has 0 unspecified atom stereocenters. The first-order valence-corrected chi connectivity index (χ1v) is 14.1. The van der Waals surface area contributed by atoms with Gasteiger partial charge in [-0.05, 0) is 68.3 Å². The summed E-state index contributed by atoms with van der Waals surface area (Å²) in [5.74, 6) is 1.99. The van der Waals surface area contributed by atoms with E-state index in [0.717, 1.165) is 60.6 Å². The zero-order valence-electron chi connectivity index (χ0n) is 23.2. The van der Waals surface area contributed by atoms with Crippen LogP contribution in [0.2, 0.25) is 0 Å². The molecule has 0 aliphatic carbocycles. The van der Waals surface area contributed by atoms with E-state index in [9.17, 15) is 4.79 Å². The van der Waals surface area contributed by atoms with E-state index in [4.69, 9.17) is 20.3 Å². The smallest absolute Gasteiger partial charge is 0.171 e. The number of nitrogens with two attached hydrogens (primary N) is 1. The third-order valence-electron chi connectivity index (χ3n) is 7.81. The second-order valence-corrected chi connectivity index (χ2v) is 10.7. The number of hydrogen-bond donors (Lipinski definition) is 1. The molecule has 6 rings (SSSR count). The van der Waals surface area contributed by atoms with Crippen molar-refractivity contribution < 1.29 is 14.3 Å². The Morgan fingerprint density at radius 1 is 1.12 bits per heavy atom. The quantitative estimate of drug-likeness (QED) is 0.303. The van der Waals surface area contributed by atoms with Crippen molar-refractivity contribution in [3.63, 3.8) is 0 Å². The number of ether oxygens (including phenoxy) is 2. The number of likely N-dealkylation sites (N-methyl/N-ethyl adjacent to an activating group) is 1. The van der Waals surface area contributed by atoms with Gasteiger partial charge in [0.1, 0.15) is 29.3 Å². The van der Waals surface area contributed by atoms with Crippen molar-refractivity contribution in [3.05, 3.63) is 73.2 Å². The third kappa shape index (κ3) is 6.08. The van der Waals surface area contributed by atoms with Crippen LogP contribution in [-0.2, 0) is 9.53 Å². The lowest BCUT2D eigenvalue weighted by Crippen LogP contribution is -2.39. The lowest BCUT2D eigenvalue weighted by molar-refractivity contribution is -0.116. The number of nitrogen functional groups attached to an aromatic ring is 1. The molecule has 2 N–H and O–H groups in total. The van der Waals surface area contributed by atoms with E-state index in [0.29, 0.717) is 37.2 Å². The van der Waals surface area contributed by atoms with E-state index < -0.39 is 0 Å². The van der Waals surface area contributed by atoms with Gasteiger partial charge in [0.25, 0.3) is 0 Å². The summed E-state index contributed by atoms with van der Waals surface area (Å²) in [6.45, 7) is 3.43. The van der Waals surface area contributed by atoms with Crippen LogP contribution in [0.3, 0.4) is 0 Å². The molecule has 2 aromatic carbocycles. The summed E-state index contributed by atoms with van der Waals surface area (Å²) in [6, 6.07) is 17.9. The van der Waals surface area contributed by atoms with E-state index in [1.54, 1.807) is 6.08 Å². The molecule has 4 heterocycles. The number of nitrogens with zero attached hydrogens (tertiary/aromatic N) is 6. The summed E-state index contributed by atoms with van der Waals surface area (Å²) in [6.07, 6.45) is 7.94. The minimum atomic E-state index is 0.0603. The number of aromatic nitrogens is 4. The van der Waals surface area contributed by atoms with Crippen LogP contribution in [0.1, 0.15) is 25.3 Å². The first-order valence-electron chi connectivity index (χ1n) is 14.1. The van der Waals surface area contributed by atoms with Crippen LogP contribution in [-0.4, -0.2) is 81.3 Å². The summed E-state index contributed by atoms with van der Waals surface area (Å²) in [4.78, 5) is 25.9. The Hall–Kier alpha value is -4.28. The van der Waals surface area contributed by atoms with Gasteiger partial charge in [-0.1, -0.05) is 18.2 Å². The monoisotopic (exact) mass is 553 g/mol. The van der Waals surface area contributed by atoms with Gasteiger partial charge < -0.3 is 20.1 Å². The summed E-state index contributed by atoms with van der Waals surface area (Å²) >= 11 is 0. The molecule has 0 bridgehead atoms. The molecule has 41 heavy (non-hydrogen) atoms. The molecule has 10 nitrogen and oxygen atoms in total. The maximum Gasteiger partial charge on any atom is 0.171 e. The summed E-state index contributed by atoms with van der Waals surface area (Å²) in [5, 5.41) is 5.76. The minimum absolute atomic E-state index is 0.0603. The van der Waals surface area contributed by atoms with E-state index in [2.05, 4.69) is 19.8 Å². The fraction of sp³-hybridized carbons (Fsp3) is 0.355. The second kappa shape index (κ2) is 12.1. The molecule has 2 atom stereocenters. The number of piperidine rings is 1. The molecule has 2 aliphatic heterocycles. The van der Waals surface area contributed by atoms with Crippen molar-refractivity contribution in [1.29, 1.82) is 0 Å². The van der Waals surface area contributed by atoms with Crippen molar-refractivity contribution in [3.8, 4) is 22.8 Å². The average Bonchev–Trinajstić information content (AvgIpc) is 3.67. The maximum absolute atomic E-state index is 12.8. The lowest BCUT2D eigenvalue weighted by atomic mass is 10.1. The van der Waals surface area contributed by atoms with Crippen LogP contribution in [0, 0.1) is 0 Å². The Bertz CT molecular complexity index is 1510. The lowest BCUT2D eigenvalue weighted by Gasteiger charge is -2.32. The predicted octanol–water partition coefficient (Wildman–Crippen LogP) is 4.31. The Morgan fingerprint density at radius 2 is 1.93 bits per heavy atom. The number of ketones is 1. The molecule has 0 spiro atoms. The molecule has 0 radical (unpaired) electrons. The number of hydrogen-bond acceptors (Lipinski definition) is 9. The highest BCUT2D eigenvalue weighted by atomic mass is 16.5. The highest BCUT2D eigenvalue weighted by Gasteiger charge is 2.27. The van der Waals surface area contributed by atoms with E-state index in [1.165, 1.54) is 6.33 Å². The standard InChI is InChI=1S/C31H35N7O3/c1-36(24-14-17-40-20-24)16-13-25(39)19-37-15-5-6-23(18-37)38-31-28(30(32)33-21-34-31)29(35-38)22-9-11-27(12-10-22)41-26-7-3-2-4-8-26/h2-4,7-13,16,21,23-24H,5-6,14-15,17-20H2,1H3,(H2,32,33,34)/b16-13+/t23-,24+/m1/s1. The topological polar surface area (TPSA) is 112 Å². The number of fused-ring (bicyclic) bond motifs is 1. The van der Waals surface area contributed by atoms with E-state index in [1.807, 2.05) is 72.5 Å². The highest BCUT2D eigenvalue weighted by Crippen LogP contribution is 2.34. The fourth-order valence-electron chi connectivity index (χ4n) is 5.57. The largest absolute Gasteiger partial charge is 0.457 e. The molecule has 2 aliphatic rings. The molecule has 2 saturated heterocycles. The third-order valence-corrected chi connectivity index (χ3v) is 7.81. The van der Waals surface area contributed by atoms with Gasteiger partial charge in [0.2, 0.25) is 0 Å². The number of anilines is 1. The minimum Gasteiger partial charge on any atom is -0.457 e. The van der Waals surface area contributed by atoms with Crippen LogP contribution < -0.4 is 10.5 Å². The van der Waals surface area contributed by atoms with E-state index in [-0.39, 0.29) is 11.8 Å². The van der Waals surface area contributed by atoms with Gasteiger partial charge >= 0.3 is 0 Å². The average molecular weight is 554 g/mol. The number of benzene rings is 2. The molecule has 0 amide bonds. The van der Waals surface area contributed by atoms with Gasteiger partial charge in [-0.15, -0.1) is 0 Å². The van der Waals surface area contributed by atoms with Crippen molar-refractivity contribution in [1.82, 2.24) is 29.5 Å². The number of carbonyl (C=O) groups excluding carboxylic acids is 1. The number of carbonyl (C=O) groups is 1. The van der Waals surface area contributed by atoms with E-state index >= 15 is 0 Å². The molecule has 2 fully saturated rings. The van der Waals surface area contributed by atoms with Crippen LogP contribution >= 0.6 is 0 Å². The first kappa shape index (κ1) is 26.9. The van der Waals surface area contributed by atoms with Crippen LogP contribution in [0.5, 0.6) is 11.5 Å². The first-order chi connectivity index (χ1) is 20.0. The summed E-state index contributed by atoms with van der Waals surface area (Å²) in [7, 11) is 2.00. The predicted molar refractivity (Wildman–Crippen MR) is 158 cm³/mol. The molecule has 212 valence electrons. The Morgan fingerprint density at radius 3 is 2.71 bits per heavy atom. The van der Waals surface area contributed by atoms with Gasteiger partial charge in [0.15, 0.2) is 11.4 Å². The van der Waals surface area contributed by atoms with Crippen LogP contribution in [0.25, 0.3) is 22.3 Å². The zero-order chi connectivity index (χ0) is 28.2. The van der Waals surface area contributed by atoms with Gasteiger partial charge in [0.05, 0.1) is 30.6 Å². The number of para-hydroxylation sites is 1. The van der Waals surface area contributed by atoms with Crippen LogP contribution in [0.4, 0.5) is 5.82 Å². The normalized spacial score (nSPS) is 19.6. The van der Waals surface area contributed by atoms with Crippen LogP contribution in [0.15, 0.2) is 73.2 Å². The molecular formula is C31H35N7O3. The van der Waals surface area contributed by atoms with Crippen molar-refractivity contribution in [2.75, 3.05) is 45.6 Å². The molecule has 2 aromatic heterocycles. The van der Waals surface area contributed by atoms with Crippen molar-refractivity contribution >= 4 is 22.6 Å². The molecule has 0 saturated carbocycles. The van der Waals surface area contributed by atoms with Crippen molar-refractivity contribution in [2.45, 2.75) is 31.3 Å². The molecule has 10 heteroatoms. The SMILES string of the molecule is CN(/C=C/C(=O)CN1CCC[C@@H](n2nc(-c3ccc(Oc4ccccc4)cc3)c3c(N)ncnc32)C1)[C@H]1CCOC1. The molecule has 4 aromatic rings. The summed E-state index contributed by atoms with van der Waals surface area (Å²) < 4.78 is 13.4. The summed E-state index contributed by atoms with van der Waals surface area (Å²) in [5.41, 5.74) is 8.70.